The zero-order valence-electron chi connectivity index (χ0n) is 11.4. The maximum atomic E-state index is 12.4. The van der Waals surface area contributed by atoms with Crippen LogP contribution in [-0.4, -0.2) is 46.5 Å². The first-order valence-electron chi connectivity index (χ1n) is 6.18. The van der Waals surface area contributed by atoms with Gasteiger partial charge >= 0.3 is 0 Å². The Morgan fingerprint density at radius 1 is 1.05 bits per heavy atom. The Balaban J connectivity index is 2.32. The lowest BCUT2D eigenvalue weighted by Crippen LogP contribution is -2.32. The van der Waals surface area contributed by atoms with Crippen molar-refractivity contribution in [1.29, 1.82) is 0 Å². The number of hydrogen-bond donors (Lipinski definition) is 1. The van der Waals surface area contributed by atoms with E-state index >= 15 is 0 Å². The third kappa shape index (κ3) is 2.88. The molecular weight excluding hydrogens is 300 g/mol. The molecule has 1 aromatic rings. The molecule has 20 heavy (non-hydrogen) atoms. The molecule has 0 radical (unpaired) electrons. The highest BCUT2D eigenvalue weighted by Crippen LogP contribution is 2.24. The van der Waals surface area contributed by atoms with E-state index < -0.39 is 19.9 Å². The van der Waals surface area contributed by atoms with E-state index in [2.05, 4.69) is 0 Å². The lowest BCUT2D eigenvalue weighted by molar-refractivity contribution is 0.464. The smallest absolute Gasteiger partial charge is 0.243 e. The summed E-state index contributed by atoms with van der Waals surface area (Å²) in [5, 5.41) is 0. The van der Waals surface area contributed by atoms with Crippen LogP contribution < -0.4 is 5.73 Å². The molecule has 1 aliphatic heterocycles. The van der Waals surface area contributed by atoms with Crippen molar-refractivity contribution in [2.24, 2.45) is 11.7 Å². The van der Waals surface area contributed by atoms with Gasteiger partial charge in [0, 0.05) is 25.4 Å². The molecule has 0 bridgehead atoms. The highest BCUT2D eigenvalue weighted by molar-refractivity contribution is 7.90. The number of sulfonamides is 1. The van der Waals surface area contributed by atoms with Gasteiger partial charge < -0.3 is 5.73 Å². The minimum absolute atomic E-state index is 0.0891. The summed E-state index contributed by atoms with van der Waals surface area (Å²) in [6.07, 6.45) is 1.08. The fraction of sp³-hybridized carbons (Fsp3) is 0.500. The SMILES string of the molecule is CC1CN(S(=O)(=O)c2ccc(S(C)(=O)=O)cc2)CC1N. The van der Waals surface area contributed by atoms with Crippen LogP contribution in [0.1, 0.15) is 6.92 Å². The van der Waals surface area contributed by atoms with Gasteiger partial charge in [-0.25, -0.2) is 16.8 Å². The van der Waals surface area contributed by atoms with E-state index in [0.29, 0.717) is 6.54 Å². The van der Waals surface area contributed by atoms with Crippen LogP contribution in [0.2, 0.25) is 0 Å². The third-order valence-electron chi connectivity index (χ3n) is 3.53. The van der Waals surface area contributed by atoms with Crippen molar-refractivity contribution in [3.8, 4) is 0 Å². The molecule has 2 rings (SSSR count). The van der Waals surface area contributed by atoms with E-state index in [9.17, 15) is 16.8 Å². The van der Waals surface area contributed by atoms with E-state index in [4.69, 9.17) is 5.73 Å². The Hall–Kier alpha value is -0.960. The molecule has 2 unspecified atom stereocenters. The average molecular weight is 318 g/mol. The van der Waals surface area contributed by atoms with Crippen molar-refractivity contribution < 1.29 is 16.8 Å². The van der Waals surface area contributed by atoms with Crippen LogP contribution in [0.3, 0.4) is 0 Å². The van der Waals surface area contributed by atoms with E-state index in [1.807, 2.05) is 6.92 Å². The van der Waals surface area contributed by atoms with E-state index in [0.717, 1.165) is 6.26 Å². The van der Waals surface area contributed by atoms with Crippen molar-refractivity contribution in [1.82, 2.24) is 4.31 Å². The predicted octanol–water partition coefficient (Wildman–Crippen LogP) is 0.0578. The zero-order valence-corrected chi connectivity index (χ0v) is 13.0. The van der Waals surface area contributed by atoms with E-state index in [1.165, 1.54) is 28.6 Å². The van der Waals surface area contributed by atoms with Crippen LogP contribution in [0.5, 0.6) is 0 Å². The zero-order chi connectivity index (χ0) is 15.1. The van der Waals surface area contributed by atoms with Crippen LogP contribution in [0, 0.1) is 5.92 Å². The molecule has 1 fully saturated rings. The van der Waals surface area contributed by atoms with Crippen molar-refractivity contribution in [2.45, 2.75) is 22.8 Å². The standard InChI is InChI=1S/C12H18N2O4S2/c1-9-7-14(8-12(9)13)20(17,18)11-5-3-10(4-6-11)19(2,15)16/h3-6,9,12H,7-8,13H2,1-2H3. The number of nitrogens with zero attached hydrogens (tertiary/aromatic N) is 1. The van der Waals surface area contributed by atoms with Gasteiger partial charge in [0.1, 0.15) is 0 Å². The number of rotatable bonds is 3. The van der Waals surface area contributed by atoms with Crippen LogP contribution >= 0.6 is 0 Å². The second kappa shape index (κ2) is 5.10. The minimum atomic E-state index is -3.61. The lowest BCUT2D eigenvalue weighted by atomic mass is 10.1. The van der Waals surface area contributed by atoms with Gasteiger partial charge in [0.25, 0.3) is 0 Å². The Bertz CT molecular complexity index is 685. The van der Waals surface area contributed by atoms with Crippen LogP contribution in [0.15, 0.2) is 34.1 Å². The molecule has 2 N–H and O–H groups in total. The van der Waals surface area contributed by atoms with Gasteiger partial charge in [0.05, 0.1) is 9.79 Å². The molecule has 1 heterocycles. The molecule has 0 spiro atoms. The van der Waals surface area contributed by atoms with E-state index in [1.54, 1.807) is 0 Å². The van der Waals surface area contributed by atoms with E-state index in [-0.39, 0.29) is 28.3 Å². The van der Waals surface area contributed by atoms with Crippen LogP contribution in [0.4, 0.5) is 0 Å². The highest BCUT2D eigenvalue weighted by atomic mass is 32.2. The molecule has 0 amide bonds. The van der Waals surface area contributed by atoms with Crippen LogP contribution in [0.25, 0.3) is 0 Å². The average Bonchev–Trinajstić information content (AvgIpc) is 2.69. The molecule has 0 aliphatic carbocycles. The summed E-state index contributed by atoms with van der Waals surface area (Å²) in [5.41, 5.74) is 5.84. The topological polar surface area (TPSA) is 97.5 Å². The largest absolute Gasteiger partial charge is 0.326 e. The number of nitrogens with two attached hydrogens (primary N) is 1. The Morgan fingerprint density at radius 2 is 1.55 bits per heavy atom. The van der Waals surface area contributed by atoms with Gasteiger partial charge in [-0.05, 0) is 30.2 Å². The third-order valence-corrected chi connectivity index (χ3v) is 6.50. The Morgan fingerprint density at radius 3 is 1.95 bits per heavy atom. The molecule has 8 heteroatoms. The number of hydrogen-bond acceptors (Lipinski definition) is 5. The number of benzene rings is 1. The lowest BCUT2D eigenvalue weighted by Gasteiger charge is -2.16. The molecular formula is C12H18N2O4S2. The summed E-state index contributed by atoms with van der Waals surface area (Å²) in [4.78, 5) is 0.189. The molecule has 1 saturated heterocycles. The van der Waals surface area contributed by atoms with Gasteiger partial charge in [0.2, 0.25) is 10.0 Å². The van der Waals surface area contributed by atoms with Gasteiger partial charge in [-0.3, -0.25) is 0 Å². The summed E-state index contributed by atoms with van der Waals surface area (Å²) in [5.74, 6) is 0.111. The van der Waals surface area contributed by atoms with Crippen LogP contribution in [-0.2, 0) is 19.9 Å². The molecule has 112 valence electrons. The summed E-state index contributed by atoms with van der Waals surface area (Å²) >= 11 is 0. The summed E-state index contributed by atoms with van der Waals surface area (Å²) in [6.45, 7) is 2.58. The molecule has 6 nitrogen and oxygen atoms in total. The first kappa shape index (κ1) is 15.4. The first-order valence-corrected chi connectivity index (χ1v) is 9.51. The van der Waals surface area contributed by atoms with Gasteiger partial charge in [0.15, 0.2) is 9.84 Å². The fourth-order valence-electron chi connectivity index (χ4n) is 2.15. The maximum Gasteiger partial charge on any atom is 0.243 e. The summed E-state index contributed by atoms with van der Waals surface area (Å²) in [7, 11) is -6.94. The second-order valence-corrected chi connectivity index (χ2v) is 9.16. The monoisotopic (exact) mass is 318 g/mol. The van der Waals surface area contributed by atoms with Gasteiger partial charge in [-0.2, -0.15) is 4.31 Å². The molecule has 0 aromatic heterocycles. The van der Waals surface area contributed by atoms with Crippen molar-refractivity contribution in [3.05, 3.63) is 24.3 Å². The Kier molecular flexibility index (Phi) is 3.94. The highest BCUT2D eigenvalue weighted by Gasteiger charge is 2.35. The fourth-order valence-corrected chi connectivity index (χ4v) is 4.36. The van der Waals surface area contributed by atoms with Gasteiger partial charge in [-0.1, -0.05) is 6.92 Å². The van der Waals surface area contributed by atoms with Gasteiger partial charge in [-0.15, -0.1) is 0 Å². The first-order chi connectivity index (χ1) is 9.12. The Labute approximate surface area is 119 Å². The molecule has 2 atom stereocenters. The number of sulfone groups is 1. The second-order valence-electron chi connectivity index (χ2n) is 5.21. The summed E-state index contributed by atoms with van der Waals surface area (Å²) in [6, 6.07) is 5.09. The minimum Gasteiger partial charge on any atom is -0.326 e. The maximum absolute atomic E-state index is 12.4. The molecule has 1 aromatic carbocycles. The normalized spacial score (nSPS) is 24.9. The quantitative estimate of drug-likeness (QED) is 0.850. The molecule has 0 saturated carbocycles. The molecule has 1 aliphatic rings. The predicted molar refractivity (Wildman–Crippen MR) is 75.5 cm³/mol. The summed E-state index contributed by atoms with van der Waals surface area (Å²) < 4.78 is 48.9. The van der Waals surface area contributed by atoms with Crippen molar-refractivity contribution in [2.75, 3.05) is 19.3 Å². The van der Waals surface area contributed by atoms with Crippen molar-refractivity contribution in [3.63, 3.8) is 0 Å². The van der Waals surface area contributed by atoms with Crippen molar-refractivity contribution >= 4 is 19.9 Å².